The van der Waals surface area contributed by atoms with Gasteiger partial charge in [0.1, 0.15) is 0 Å². The average molecular weight is 746 g/mol. The van der Waals surface area contributed by atoms with Gasteiger partial charge in [-0.3, -0.25) is 0 Å². The minimum Gasteiger partial charge on any atom is -0.310 e. The first kappa shape index (κ1) is 27.0. The molecule has 0 radical (unpaired) electrons. The molecule has 0 atom stereocenters. The van der Waals surface area contributed by atoms with E-state index in [-0.39, 0.29) is 28.4 Å². The number of para-hydroxylation sites is 3. The van der Waals surface area contributed by atoms with Gasteiger partial charge in [0.25, 0.3) is 0 Å². The highest BCUT2D eigenvalue weighted by Crippen LogP contribution is 2.46. The zero-order chi connectivity index (χ0) is 44.5. The lowest BCUT2D eigenvalue weighted by atomic mass is 9.96. The van der Waals surface area contributed by atoms with Crippen molar-refractivity contribution < 1.29 is 9.60 Å². The molecule has 0 spiro atoms. The fourth-order valence-electron chi connectivity index (χ4n) is 8.40. The molecule has 1 heterocycles. The molecule has 272 valence electrons. The Morgan fingerprint density at radius 1 is 0.379 bits per heavy atom. The normalized spacial score (nSPS) is 13.1. The summed E-state index contributed by atoms with van der Waals surface area (Å²) in [4.78, 5) is 2.22. The molecule has 2 nitrogen and oxygen atoms in total. The maximum atomic E-state index is 9.02. The molecule has 0 saturated carbocycles. The Kier molecular flexibility index (Phi) is 6.57. The third-order valence-electron chi connectivity index (χ3n) is 11.1. The van der Waals surface area contributed by atoms with Crippen LogP contribution in [0.3, 0.4) is 0 Å². The second-order valence-electron chi connectivity index (χ2n) is 14.4. The molecule has 11 rings (SSSR count). The Bertz CT molecular complexity index is 3670. The smallest absolute Gasteiger partial charge is 0.0629 e. The third-order valence-corrected chi connectivity index (χ3v) is 11.1. The fourth-order valence-corrected chi connectivity index (χ4v) is 8.40. The summed E-state index contributed by atoms with van der Waals surface area (Å²) < 4.78 is 63.0. The predicted molar refractivity (Wildman–Crippen MR) is 247 cm³/mol. The van der Waals surface area contributed by atoms with Gasteiger partial charge in [0.15, 0.2) is 0 Å². The van der Waals surface area contributed by atoms with Gasteiger partial charge in [-0.15, -0.1) is 0 Å². The van der Waals surface area contributed by atoms with E-state index in [0.717, 1.165) is 66.8 Å². The van der Waals surface area contributed by atoms with Crippen molar-refractivity contribution in [3.8, 4) is 39.1 Å². The molecule has 0 amide bonds. The first-order chi connectivity index (χ1) is 31.7. The van der Waals surface area contributed by atoms with Crippen molar-refractivity contribution in [1.82, 2.24) is 4.57 Å². The summed E-state index contributed by atoms with van der Waals surface area (Å²) in [6, 6.07) is 62.0. The molecule has 0 aliphatic carbocycles. The molecule has 10 aromatic carbocycles. The fraction of sp³-hybridized carbons (Fsp3) is 0. The lowest BCUT2D eigenvalue weighted by Gasteiger charge is -2.28. The topological polar surface area (TPSA) is 8.17 Å². The molecule has 0 N–H and O–H groups in total. The van der Waals surface area contributed by atoms with Gasteiger partial charge >= 0.3 is 0 Å². The van der Waals surface area contributed by atoms with E-state index in [1.54, 1.807) is 0 Å². The molecule has 0 unspecified atom stereocenters. The minimum absolute atomic E-state index is 0.0593. The third kappa shape index (κ3) is 5.74. The van der Waals surface area contributed by atoms with Crippen LogP contribution in [0.5, 0.6) is 0 Å². The molecule has 0 aliphatic heterocycles. The van der Waals surface area contributed by atoms with E-state index in [0.29, 0.717) is 5.56 Å². The summed E-state index contributed by atoms with van der Waals surface area (Å²) in [5.41, 5.74) is 10.9. The monoisotopic (exact) mass is 745 g/mol. The molecule has 0 saturated heterocycles. The number of hydrogen-bond acceptors (Lipinski definition) is 1. The Morgan fingerprint density at radius 2 is 1.02 bits per heavy atom. The van der Waals surface area contributed by atoms with Crippen LogP contribution >= 0.6 is 0 Å². The van der Waals surface area contributed by atoms with Crippen molar-refractivity contribution in [2.75, 3.05) is 4.90 Å². The second-order valence-corrected chi connectivity index (χ2v) is 14.4. The number of aromatic nitrogens is 1. The van der Waals surface area contributed by atoms with Crippen molar-refractivity contribution >= 4 is 60.4 Å². The largest absolute Gasteiger partial charge is 0.310 e. The number of fused-ring (bicyclic) bond motifs is 5. The van der Waals surface area contributed by atoms with Crippen molar-refractivity contribution in [2.45, 2.75) is 0 Å². The highest BCUT2D eigenvalue weighted by molar-refractivity contribution is 6.17. The summed E-state index contributed by atoms with van der Waals surface area (Å²) in [5.74, 6) is 0. The number of rotatable bonds is 7. The van der Waals surface area contributed by atoms with E-state index in [4.69, 9.17) is 9.60 Å². The number of anilines is 3. The van der Waals surface area contributed by atoms with Crippen molar-refractivity contribution in [3.05, 3.63) is 230 Å². The Labute approximate surface area is 348 Å². The van der Waals surface area contributed by atoms with E-state index >= 15 is 0 Å². The first-order valence-electron chi connectivity index (χ1n) is 22.9. The molecule has 58 heavy (non-hydrogen) atoms. The van der Waals surface area contributed by atoms with Crippen LogP contribution in [0.1, 0.15) is 9.60 Å². The average Bonchev–Trinajstić information content (AvgIpc) is 3.70. The molecule has 0 aliphatic rings. The summed E-state index contributed by atoms with van der Waals surface area (Å²) in [5, 5.41) is 4.61. The second kappa shape index (κ2) is 14.1. The van der Waals surface area contributed by atoms with Crippen LogP contribution in [0, 0.1) is 0 Å². The van der Waals surface area contributed by atoms with Crippen LogP contribution in [0.25, 0.3) is 82.4 Å². The Morgan fingerprint density at radius 3 is 1.86 bits per heavy atom. The summed E-state index contributed by atoms with van der Waals surface area (Å²) in [6.07, 6.45) is 0. The van der Waals surface area contributed by atoms with Gasteiger partial charge in [-0.2, -0.15) is 0 Å². The van der Waals surface area contributed by atoms with Crippen molar-refractivity contribution in [2.24, 2.45) is 0 Å². The summed E-state index contributed by atoms with van der Waals surface area (Å²) >= 11 is 0. The minimum atomic E-state index is -0.476. The molecule has 11 aromatic rings. The van der Waals surface area contributed by atoms with Gasteiger partial charge in [-0.05, 0) is 110 Å². The molecule has 2 heteroatoms. The lowest BCUT2D eigenvalue weighted by Crippen LogP contribution is -2.11. The number of nitrogens with zero attached hydrogens (tertiary/aromatic N) is 2. The number of benzene rings is 10. The quantitative estimate of drug-likeness (QED) is 0.158. The molecular weight excluding hydrogens is 701 g/mol. The van der Waals surface area contributed by atoms with Gasteiger partial charge in [-0.25, -0.2) is 0 Å². The Balaban J connectivity index is 1.12. The van der Waals surface area contributed by atoms with E-state index in [1.807, 2.05) is 42.5 Å². The van der Waals surface area contributed by atoms with Crippen LogP contribution in [-0.4, -0.2) is 4.57 Å². The van der Waals surface area contributed by atoms with Crippen LogP contribution in [0.2, 0.25) is 0 Å². The lowest BCUT2D eigenvalue weighted by molar-refractivity contribution is 1.18. The first-order valence-corrected chi connectivity index (χ1v) is 19.4. The maximum Gasteiger partial charge on any atom is 0.0629 e. The number of hydrogen-bond donors (Lipinski definition) is 0. The molecule has 1 aromatic heterocycles. The van der Waals surface area contributed by atoms with Crippen molar-refractivity contribution in [1.29, 1.82) is 0 Å². The molecular formula is C56H38N2. The standard InChI is InChI=1S/C56H38N2/c1-2-18-45(19-3-1)58-54-26-11-9-22-52(54)56-51(24-13-27-55(56)58)50-21-8-10-25-53(50)57(46-34-30-40(31-35-46)44-29-28-39-14-4-5-16-43(39)38-44)47-36-32-42(33-37-47)49-23-12-17-41-15-6-7-20-48(41)49/h1-38H/i6D,7D,12D,15D,17D,20D,23D. The summed E-state index contributed by atoms with van der Waals surface area (Å²) in [6.45, 7) is 0. The van der Waals surface area contributed by atoms with E-state index in [9.17, 15) is 0 Å². The SMILES string of the molecule is [2H]c1c([2H])c([2H])c2c(-c3ccc(N(c4ccc(-c5ccc6ccccc6c5)cc4)c4ccccc4-c4cccc5c4c4ccccc4n5-c4ccccc4)cc3)c([2H])c([2H])c([2H])c2c1[2H]. The van der Waals surface area contributed by atoms with Gasteiger partial charge in [-0.1, -0.05) is 170 Å². The van der Waals surface area contributed by atoms with Crippen LogP contribution in [0.4, 0.5) is 17.1 Å². The van der Waals surface area contributed by atoms with E-state index < -0.39 is 30.2 Å². The van der Waals surface area contributed by atoms with Gasteiger partial charge in [0.05, 0.1) is 26.3 Å². The predicted octanol–water partition coefficient (Wildman–Crippen LogP) is 15.6. The van der Waals surface area contributed by atoms with Gasteiger partial charge in [0, 0.05) is 33.4 Å². The van der Waals surface area contributed by atoms with Crippen LogP contribution in [0.15, 0.2) is 230 Å². The van der Waals surface area contributed by atoms with Crippen LogP contribution < -0.4 is 4.90 Å². The summed E-state index contributed by atoms with van der Waals surface area (Å²) in [7, 11) is 0. The van der Waals surface area contributed by atoms with Crippen LogP contribution in [-0.2, 0) is 0 Å². The zero-order valence-corrected chi connectivity index (χ0v) is 31.3. The van der Waals surface area contributed by atoms with Gasteiger partial charge in [0.2, 0.25) is 0 Å². The van der Waals surface area contributed by atoms with E-state index in [2.05, 4.69) is 155 Å². The highest BCUT2D eigenvalue weighted by atomic mass is 15.1. The molecule has 0 fully saturated rings. The Hall–Kier alpha value is -7.68. The van der Waals surface area contributed by atoms with Crippen molar-refractivity contribution in [3.63, 3.8) is 0 Å². The maximum absolute atomic E-state index is 9.02. The van der Waals surface area contributed by atoms with E-state index in [1.165, 1.54) is 10.8 Å². The zero-order valence-electron chi connectivity index (χ0n) is 38.3. The highest BCUT2D eigenvalue weighted by Gasteiger charge is 2.21. The molecule has 0 bridgehead atoms. The van der Waals surface area contributed by atoms with Gasteiger partial charge < -0.3 is 9.47 Å².